The first-order valence-corrected chi connectivity index (χ1v) is 10.0. The van der Waals surface area contributed by atoms with Gasteiger partial charge in [0.15, 0.2) is 0 Å². The minimum atomic E-state index is 0.652. The van der Waals surface area contributed by atoms with Gasteiger partial charge in [-0.3, -0.25) is 0 Å². The van der Waals surface area contributed by atoms with Gasteiger partial charge in [-0.05, 0) is 30.3 Å². The number of hydrogen-bond donors (Lipinski definition) is 0. The summed E-state index contributed by atoms with van der Waals surface area (Å²) in [4.78, 5) is 0. The number of furan rings is 1. The predicted molar refractivity (Wildman–Crippen MR) is 121 cm³/mol. The lowest BCUT2D eigenvalue weighted by Crippen LogP contribution is -1.95. The molecule has 2 heterocycles. The van der Waals surface area contributed by atoms with Crippen LogP contribution in [0.5, 0.6) is 0 Å². The number of nitrogens with zero attached hydrogens (tertiary/aromatic N) is 2. The second-order valence-corrected chi connectivity index (χ2v) is 7.27. The van der Waals surface area contributed by atoms with Crippen molar-refractivity contribution in [2.45, 2.75) is 0 Å². The van der Waals surface area contributed by atoms with E-state index in [0.29, 0.717) is 10.8 Å². The molecule has 0 spiro atoms. The van der Waals surface area contributed by atoms with Crippen LogP contribution in [0.3, 0.4) is 0 Å². The van der Waals surface area contributed by atoms with E-state index in [1.54, 1.807) is 0 Å². The van der Waals surface area contributed by atoms with Gasteiger partial charge in [-0.15, -0.1) is 10.2 Å². The van der Waals surface area contributed by atoms with Gasteiger partial charge in [0, 0.05) is 22.3 Å². The Bertz CT molecular complexity index is 1300. The third-order valence-electron chi connectivity index (χ3n) is 4.92. The number of aromatic nitrogens is 2. The molecule has 0 atom stereocenters. The molecule has 3 aromatic carbocycles. The van der Waals surface area contributed by atoms with E-state index in [2.05, 4.69) is 10.2 Å². The molecule has 0 bridgehead atoms. The second kappa shape index (κ2) is 7.97. The fraction of sp³-hybridized carbons (Fsp3) is 0. The molecule has 0 aliphatic carbocycles. The zero-order valence-electron chi connectivity index (χ0n) is 16.0. The largest absolute Gasteiger partial charge is 0.456 e. The maximum Gasteiger partial charge on any atom is 0.137 e. The Labute approximate surface area is 179 Å². The Hall–Kier alpha value is -3.69. The van der Waals surface area contributed by atoms with E-state index in [-0.39, 0.29) is 0 Å². The van der Waals surface area contributed by atoms with Crippen molar-refractivity contribution in [1.29, 1.82) is 0 Å². The maximum atomic E-state index is 6.36. The highest BCUT2D eigenvalue weighted by atomic mass is 35.5. The fourth-order valence-corrected chi connectivity index (χ4v) is 3.66. The molecule has 5 rings (SSSR count). The zero-order chi connectivity index (χ0) is 20.3. The molecule has 4 heteroatoms. The normalized spacial score (nSPS) is 10.8. The van der Waals surface area contributed by atoms with Gasteiger partial charge in [0.1, 0.15) is 17.2 Å². The van der Waals surface area contributed by atoms with Gasteiger partial charge in [-0.25, -0.2) is 0 Å². The third-order valence-corrected chi connectivity index (χ3v) is 5.25. The summed E-state index contributed by atoms with van der Waals surface area (Å²) in [7, 11) is 0. The summed E-state index contributed by atoms with van der Waals surface area (Å²) < 4.78 is 6.24. The molecule has 2 aromatic heterocycles. The van der Waals surface area contributed by atoms with Gasteiger partial charge < -0.3 is 4.42 Å². The molecular formula is C26H17ClN2O. The topological polar surface area (TPSA) is 38.9 Å². The Morgan fingerprint density at radius 2 is 1.17 bits per heavy atom. The molecule has 0 radical (unpaired) electrons. The Balaban J connectivity index is 1.67. The van der Waals surface area contributed by atoms with E-state index in [0.717, 1.165) is 39.4 Å². The molecule has 0 saturated heterocycles. The van der Waals surface area contributed by atoms with E-state index >= 15 is 0 Å². The van der Waals surface area contributed by atoms with Crippen molar-refractivity contribution in [3.05, 3.63) is 108 Å². The van der Waals surface area contributed by atoms with Crippen molar-refractivity contribution in [3.8, 4) is 45.2 Å². The van der Waals surface area contributed by atoms with Crippen LogP contribution in [0, 0.1) is 0 Å². The summed E-state index contributed by atoms with van der Waals surface area (Å²) in [5.41, 5.74) is 5.29. The summed E-state index contributed by atoms with van der Waals surface area (Å²) in [5.74, 6) is 1.43. The quantitative estimate of drug-likeness (QED) is 0.311. The number of benzene rings is 3. The van der Waals surface area contributed by atoms with Crippen LogP contribution in [0.2, 0.25) is 5.02 Å². The first-order chi connectivity index (χ1) is 14.8. The number of hydrogen-bond acceptors (Lipinski definition) is 3. The molecule has 3 nitrogen and oxygen atoms in total. The van der Waals surface area contributed by atoms with Crippen LogP contribution in [0.4, 0.5) is 0 Å². The summed E-state index contributed by atoms with van der Waals surface area (Å²) in [6, 6.07) is 33.6. The highest BCUT2D eigenvalue weighted by molar-refractivity contribution is 6.33. The lowest BCUT2D eigenvalue weighted by atomic mass is 10.0. The third kappa shape index (κ3) is 3.51. The van der Waals surface area contributed by atoms with Gasteiger partial charge in [0.05, 0.1) is 10.7 Å². The fourth-order valence-electron chi connectivity index (χ4n) is 3.43. The highest BCUT2D eigenvalue weighted by Gasteiger charge is 2.17. The van der Waals surface area contributed by atoms with Crippen molar-refractivity contribution in [3.63, 3.8) is 0 Å². The highest BCUT2D eigenvalue weighted by Crippen LogP contribution is 2.37. The van der Waals surface area contributed by atoms with Gasteiger partial charge in [-0.2, -0.15) is 0 Å². The van der Waals surface area contributed by atoms with Crippen LogP contribution in [0.1, 0.15) is 0 Å². The molecule has 30 heavy (non-hydrogen) atoms. The van der Waals surface area contributed by atoms with Crippen LogP contribution in [0.15, 0.2) is 108 Å². The minimum absolute atomic E-state index is 0.652. The number of halogens is 1. The van der Waals surface area contributed by atoms with Crippen molar-refractivity contribution in [2.24, 2.45) is 0 Å². The van der Waals surface area contributed by atoms with Crippen molar-refractivity contribution < 1.29 is 4.42 Å². The molecule has 0 N–H and O–H groups in total. The first-order valence-electron chi connectivity index (χ1n) is 9.63. The average Bonchev–Trinajstić information content (AvgIpc) is 3.30. The standard InChI is InChI=1S/C26H17ClN2O/c27-22-14-8-7-13-20(22)24-15-16-25(30-24)21-17-23(18-9-3-1-4-10-18)28-29-26(21)19-11-5-2-6-12-19/h1-17H. The molecular weight excluding hydrogens is 392 g/mol. The monoisotopic (exact) mass is 408 g/mol. The average molecular weight is 409 g/mol. The van der Waals surface area contributed by atoms with Crippen LogP contribution in [-0.4, -0.2) is 10.2 Å². The van der Waals surface area contributed by atoms with Gasteiger partial charge >= 0.3 is 0 Å². The van der Waals surface area contributed by atoms with Gasteiger partial charge in [0.2, 0.25) is 0 Å². The minimum Gasteiger partial charge on any atom is -0.456 e. The lowest BCUT2D eigenvalue weighted by molar-refractivity contribution is 0.597. The van der Waals surface area contributed by atoms with Crippen LogP contribution < -0.4 is 0 Å². The van der Waals surface area contributed by atoms with Crippen molar-refractivity contribution >= 4 is 11.6 Å². The summed E-state index contributed by atoms with van der Waals surface area (Å²) >= 11 is 6.36. The SMILES string of the molecule is Clc1ccccc1-c1ccc(-c2cc(-c3ccccc3)nnc2-c2ccccc2)o1. The first kappa shape index (κ1) is 18.3. The van der Waals surface area contributed by atoms with E-state index in [1.165, 1.54) is 0 Å². The predicted octanol–water partition coefficient (Wildman–Crippen LogP) is 7.39. The summed E-state index contributed by atoms with van der Waals surface area (Å²) in [5, 5.41) is 9.70. The van der Waals surface area contributed by atoms with Crippen LogP contribution in [0.25, 0.3) is 45.2 Å². The Kier molecular flexibility index (Phi) is 4.88. The molecule has 0 fully saturated rings. The van der Waals surface area contributed by atoms with E-state index < -0.39 is 0 Å². The second-order valence-electron chi connectivity index (χ2n) is 6.87. The molecule has 144 valence electrons. The Morgan fingerprint density at radius 1 is 0.567 bits per heavy atom. The summed E-state index contributed by atoms with van der Waals surface area (Å²) in [6.07, 6.45) is 0. The summed E-state index contributed by atoms with van der Waals surface area (Å²) in [6.45, 7) is 0. The molecule has 0 amide bonds. The number of rotatable bonds is 4. The molecule has 0 aliphatic heterocycles. The van der Waals surface area contributed by atoms with Gasteiger partial charge in [0.25, 0.3) is 0 Å². The smallest absolute Gasteiger partial charge is 0.137 e. The maximum absolute atomic E-state index is 6.36. The lowest BCUT2D eigenvalue weighted by Gasteiger charge is -2.09. The van der Waals surface area contributed by atoms with E-state index in [1.807, 2.05) is 103 Å². The van der Waals surface area contributed by atoms with Gasteiger partial charge in [-0.1, -0.05) is 84.4 Å². The zero-order valence-corrected chi connectivity index (χ0v) is 16.8. The van der Waals surface area contributed by atoms with E-state index in [4.69, 9.17) is 16.0 Å². The van der Waals surface area contributed by atoms with Crippen molar-refractivity contribution in [1.82, 2.24) is 10.2 Å². The Morgan fingerprint density at radius 3 is 1.87 bits per heavy atom. The molecule has 0 saturated carbocycles. The van der Waals surface area contributed by atoms with Crippen LogP contribution in [-0.2, 0) is 0 Å². The van der Waals surface area contributed by atoms with Crippen molar-refractivity contribution in [2.75, 3.05) is 0 Å². The van der Waals surface area contributed by atoms with Crippen LogP contribution >= 0.6 is 11.6 Å². The molecule has 5 aromatic rings. The molecule has 0 unspecified atom stereocenters. The molecule has 0 aliphatic rings. The van der Waals surface area contributed by atoms with E-state index in [9.17, 15) is 0 Å².